The van der Waals surface area contributed by atoms with Gasteiger partial charge in [0, 0.05) is 5.56 Å². The van der Waals surface area contributed by atoms with Gasteiger partial charge in [-0.25, -0.2) is 0 Å². The summed E-state index contributed by atoms with van der Waals surface area (Å²) in [5, 5.41) is 0. The first-order valence-electron chi connectivity index (χ1n) is 4.52. The highest BCUT2D eigenvalue weighted by Gasteiger charge is 2.14. The maximum absolute atomic E-state index is 5.84. The molecule has 0 aliphatic heterocycles. The Morgan fingerprint density at radius 3 is 2.38 bits per heavy atom. The number of hydrogen-bond acceptors (Lipinski definition) is 2. The molecule has 88 valence electrons. The number of halogens is 3. The average molecular weight is 300 g/mol. The van der Waals surface area contributed by atoms with Gasteiger partial charge in [0.2, 0.25) is 0 Å². The Morgan fingerprint density at radius 1 is 1.25 bits per heavy atom. The number of rotatable bonds is 5. The topological polar surface area (TPSA) is 18.5 Å². The first-order chi connectivity index (χ1) is 7.65. The first-order valence-corrected chi connectivity index (χ1v) is 7.36. The zero-order valence-corrected chi connectivity index (χ0v) is 11.7. The van der Waals surface area contributed by atoms with Gasteiger partial charge in [0.25, 0.3) is 0 Å². The van der Waals surface area contributed by atoms with E-state index < -0.39 is 7.73 Å². The Balaban J connectivity index is 2.83. The van der Waals surface area contributed by atoms with Crippen molar-refractivity contribution in [3.8, 4) is 0 Å². The van der Waals surface area contributed by atoms with Gasteiger partial charge in [-0.1, -0.05) is 53.5 Å². The molecule has 1 rings (SSSR count). The lowest BCUT2D eigenvalue weighted by atomic mass is 10.2. The lowest BCUT2D eigenvalue weighted by Gasteiger charge is -2.13. The van der Waals surface area contributed by atoms with Crippen molar-refractivity contribution < 1.29 is 9.05 Å². The molecule has 1 aromatic rings. The summed E-state index contributed by atoms with van der Waals surface area (Å²) in [5.41, 5.74) is 0.760. The SMILES string of the molecule is CCOP(Cl)OC(=C(Cl)Cl)c1ccccc1. The van der Waals surface area contributed by atoms with Gasteiger partial charge >= 0.3 is 7.73 Å². The standard InChI is InChI=1S/C10H10Cl3O2P/c1-2-14-16(13)15-9(10(11)12)8-6-4-3-5-7-8/h3-7H,2H2,1H3. The van der Waals surface area contributed by atoms with Crippen LogP contribution in [0.1, 0.15) is 12.5 Å². The third-order valence-electron chi connectivity index (χ3n) is 1.60. The maximum atomic E-state index is 5.84. The Bertz CT molecular complexity index is 352. The van der Waals surface area contributed by atoms with Gasteiger partial charge in [0.15, 0.2) is 5.76 Å². The molecular formula is C10H10Cl3O2P. The van der Waals surface area contributed by atoms with Crippen LogP contribution in [-0.4, -0.2) is 6.61 Å². The van der Waals surface area contributed by atoms with Gasteiger partial charge in [0.1, 0.15) is 4.49 Å². The van der Waals surface area contributed by atoms with Crippen LogP contribution >= 0.6 is 42.2 Å². The van der Waals surface area contributed by atoms with E-state index in [4.69, 9.17) is 43.5 Å². The van der Waals surface area contributed by atoms with Gasteiger partial charge in [-0.2, -0.15) is 0 Å². The van der Waals surface area contributed by atoms with Crippen LogP contribution in [0.15, 0.2) is 34.8 Å². The fraction of sp³-hybridized carbons (Fsp3) is 0.200. The van der Waals surface area contributed by atoms with E-state index in [0.717, 1.165) is 5.56 Å². The molecule has 0 bridgehead atoms. The van der Waals surface area contributed by atoms with Crippen LogP contribution in [0.2, 0.25) is 0 Å². The molecule has 0 aliphatic rings. The van der Waals surface area contributed by atoms with Crippen LogP contribution in [0.3, 0.4) is 0 Å². The Kier molecular flexibility index (Phi) is 6.48. The van der Waals surface area contributed by atoms with Crippen molar-refractivity contribution in [1.29, 1.82) is 0 Å². The smallest absolute Gasteiger partial charge is 0.338 e. The Labute approximate surface area is 111 Å². The third-order valence-corrected chi connectivity index (χ3v) is 3.23. The van der Waals surface area contributed by atoms with Gasteiger partial charge in [-0.3, -0.25) is 0 Å². The summed E-state index contributed by atoms with van der Waals surface area (Å²) in [5.74, 6) is 0.332. The third kappa shape index (κ3) is 4.48. The minimum Gasteiger partial charge on any atom is -0.433 e. The summed E-state index contributed by atoms with van der Waals surface area (Å²) in [7, 11) is -1.53. The molecule has 16 heavy (non-hydrogen) atoms. The maximum Gasteiger partial charge on any atom is 0.338 e. The molecule has 0 aromatic heterocycles. The summed E-state index contributed by atoms with van der Waals surface area (Å²) in [4.78, 5) is 0. The van der Waals surface area contributed by atoms with Crippen LogP contribution in [0.4, 0.5) is 0 Å². The van der Waals surface area contributed by atoms with Crippen molar-refractivity contribution in [1.82, 2.24) is 0 Å². The van der Waals surface area contributed by atoms with E-state index >= 15 is 0 Å². The molecule has 0 radical (unpaired) electrons. The fourth-order valence-corrected chi connectivity index (χ4v) is 2.48. The summed E-state index contributed by atoms with van der Waals surface area (Å²) >= 11 is 17.3. The van der Waals surface area contributed by atoms with Crippen LogP contribution in [-0.2, 0) is 9.05 Å². The van der Waals surface area contributed by atoms with Gasteiger partial charge < -0.3 is 9.05 Å². The van der Waals surface area contributed by atoms with Crippen molar-refractivity contribution >= 4 is 47.9 Å². The minimum atomic E-state index is -1.53. The van der Waals surface area contributed by atoms with Crippen molar-refractivity contribution in [2.45, 2.75) is 6.92 Å². The Morgan fingerprint density at radius 2 is 1.88 bits per heavy atom. The average Bonchev–Trinajstić information content (AvgIpc) is 2.27. The van der Waals surface area contributed by atoms with E-state index in [1.807, 2.05) is 37.3 Å². The van der Waals surface area contributed by atoms with Crippen LogP contribution in [0.5, 0.6) is 0 Å². The van der Waals surface area contributed by atoms with E-state index in [1.54, 1.807) is 0 Å². The van der Waals surface area contributed by atoms with E-state index in [0.29, 0.717) is 12.4 Å². The predicted octanol–water partition coefficient (Wildman–Crippen LogP) is 5.31. The molecule has 0 heterocycles. The van der Waals surface area contributed by atoms with Crippen LogP contribution in [0.25, 0.3) is 5.76 Å². The van der Waals surface area contributed by atoms with Gasteiger partial charge in [-0.15, -0.1) is 0 Å². The van der Waals surface area contributed by atoms with Gasteiger partial charge in [0.05, 0.1) is 6.61 Å². The molecule has 0 saturated carbocycles. The van der Waals surface area contributed by atoms with E-state index in [2.05, 4.69) is 0 Å². The molecule has 0 fully saturated rings. The van der Waals surface area contributed by atoms with Crippen LogP contribution in [0, 0.1) is 0 Å². The van der Waals surface area contributed by atoms with Crippen LogP contribution < -0.4 is 0 Å². The van der Waals surface area contributed by atoms with Gasteiger partial charge in [-0.05, 0) is 18.2 Å². The predicted molar refractivity (Wildman–Crippen MR) is 70.6 cm³/mol. The molecule has 6 heteroatoms. The molecule has 1 atom stereocenters. The monoisotopic (exact) mass is 298 g/mol. The van der Waals surface area contributed by atoms with E-state index in [-0.39, 0.29) is 4.49 Å². The summed E-state index contributed by atoms with van der Waals surface area (Å²) < 4.78 is 10.5. The van der Waals surface area contributed by atoms with E-state index in [1.165, 1.54) is 0 Å². The largest absolute Gasteiger partial charge is 0.433 e. The molecule has 0 spiro atoms. The summed E-state index contributed by atoms with van der Waals surface area (Å²) in [6.45, 7) is 2.30. The Hall–Kier alpha value is 0.0200. The first kappa shape index (κ1) is 14.1. The van der Waals surface area contributed by atoms with Crippen molar-refractivity contribution in [2.75, 3.05) is 6.61 Å². The molecule has 0 saturated heterocycles. The lowest BCUT2D eigenvalue weighted by Crippen LogP contribution is -1.89. The minimum absolute atomic E-state index is 0.0269. The molecule has 1 unspecified atom stereocenters. The van der Waals surface area contributed by atoms with E-state index in [9.17, 15) is 0 Å². The summed E-state index contributed by atoms with van der Waals surface area (Å²) in [6.07, 6.45) is 0. The number of benzene rings is 1. The normalized spacial score (nSPS) is 12.0. The second kappa shape index (κ2) is 7.37. The molecule has 2 nitrogen and oxygen atoms in total. The second-order valence-electron chi connectivity index (χ2n) is 2.68. The zero-order valence-electron chi connectivity index (χ0n) is 8.49. The van der Waals surface area contributed by atoms with Crippen molar-refractivity contribution in [3.63, 3.8) is 0 Å². The zero-order chi connectivity index (χ0) is 12.0. The second-order valence-corrected chi connectivity index (χ2v) is 5.32. The molecule has 1 aromatic carbocycles. The highest BCUT2D eigenvalue weighted by atomic mass is 35.7. The van der Waals surface area contributed by atoms with Crippen molar-refractivity contribution in [2.24, 2.45) is 0 Å². The molecule has 0 aliphatic carbocycles. The molecule has 0 N–H and O–H groups in total. The van der Waals surface area contributed by atoms with Crippen molar-refractivity contribution in [3.05, 3.63) is 40.4 Å². The molecular weight excluding hydrogens is 289 g/mol. The number of hydrogen-bond donors (Lipinski definition) is 0. The quantitative estimate of drug-likeness (QED) is 0.542. The fourth-order valence-electron chi connectivity index (χ4n) is 0.985. The highest BCUT2D eigenvalue weighted by molar-refractivity contribution is 7.76. The lowest BCUT2D eigenvalue weighted by molar-refractivity contribution is 0.337. The molecule has 0 amide bonds. The highest BCUT2D eigenvalue weighted by Crippen LogP contribution is 2.49. The summed E-state index contributed by atoms with van der Waals surface area (Å²) in [6, 6.07) is 9.24.